The molecule has 0 saturated carbocycles. The maximum Gasteiger partial charge on any atom is 0.314 e. The number of carbonyl (C=O) groups is 1. The van der Waals surface area contributed by atoms with E-state index in [-0.39, 0.29) is 0 Å². The van der Waals surface area contributed by atoms with Gasteiger partial charge in [-0.1, -0.05) is 78.9 Å². The topological polar surface area (TPSA) is 139 Å². The molecule has 8 nitrogen and oxygen atoms in total. The number of nitrogens with zero attached hydrogens (tertiary/aromatic N) is 4. The van der Waals surface area contributed by atoms with E-state index < -0.39 is 17.4 Å². The smallest absolute Gasteiger partial charge is 0.314 e. The first kappa shape index (κ1) is 25.6. The van der Waals surface area contributed by atoms with E-state index in [1.807, 2.05) is 91.0 Å². The van der Waals surface area contributed by atoms with Crippen molar-refractivity contribution in [2.45, 2.75) is 5.54 Å². The van der Waals surface area contributed by atoms with Crippen LogP contribution in [-0.4, -0.2) is 11.1 Å². The molecule has 0 amide bonds. The van der Waals surface area contributed by atoms with Crippen LogP contribution in [0.25, 0.3) is 21.5 Å². The van der Waals surface area contributed by atoms with Gasteiger partial charge in [0.25, 0.3) is 0 Å². The second-order valence-electron chi connectivity index (χ2n) is 9.76. The molecule has 0 radical (unpaired) electrons. The summed E-state index contributed by atoms with van der Waals surface area (Å²) in [7, 11) is 0. The maximum absolute atomic E-state index is 11.7. The molecule has 0 saturated heterocycles. The Morgan fingerprint density at radius 3 is 1.68 bits per heavy atom. The predicted octanol–water partition coefficient (Wildman–Crippen LogP) is 8.38. The van der Waals surface area contributed by atoms with Gasteiger partial charge in [-0.3, -0.25) is 4.79 Å². The molecule has 6 rings (SSSR count). The van der Waals surface area contributed by atoms with Gasteiger partial charge in [-0.2, -0.15) is 15.3 Å². The molecular weight excluding hydrogens is 512 g/mol. The third kappa shape index (κ3) is 4.83. The fourth-order valence-corrected chi connectivity index (χ4v) is 5.02. The highest BCUT2D eigenvalue weighted by atomic mass is 16.4. The van der Waals surface area contributed by atoms with Crippen molar-refractivity contribution in [3.05, 3.63) is 127 Å². The Morgan fingerprint density at radius 1 is 0.610 bits per heavy atom. The molecule has 1 aliphatic rings. The molecule has 0 heterocycles. The summed E-state index contributed by atoms with van der Waals surface area (Å²) >= 11 is 0. The lowest BCUT2D eigenvalue weighted by Gasteiger charge is -2.26. The van der Waals surface area contributed by atoms with E-state index >= 15 is 0 Å². The average molecular weight is 539 g/mol. The zero-order chi connectivity index (χ0) is 28.4. The van der Waals surface area contributed by atoms with Gasteiger partial charge >= 0.3 is 5.97 Å². The van der Waals surface area contributed by atoms with Crippen molar-refractivity contribution < 1.29 is 9.90 Å². The summed E-state index contributed by atoms with van der Waals surface area (Å²) in [6.45, 7) is 0. The van der Waals surface area contributed by atoms with Gasteiger partial charge in [-0.15, -0.1) is 5.11 Å². The van der Waals surface area contributed by atoms with Crippen LogP contribution in [0.5, 0.6) is 0 Å². The molecule has 8 heteroatoms. The number of nitrogens with two attached hydrogens (primary N) is 2. The van der Waals surface area contributed by atoms with Crippen molar-refractivity contribution in [1.82, 2.24) is 0 Å². The molecule has 41 heavy (non-hydrogen) atoms. The second kappa shape index (κ2) is 10.5. The number of carboxylic acids is 1. The first-order chi connectivity index (χ1) is 19.9. The zero-order valence-electron chi connectivity index (χ0n) is 21.9. The minimum Gasteiger partial charge on any atom is -0.481 e. The Labute approximate surface area is 236 Å². The van der Waals surface area contributed by atoms with Gasteiger partial charge < -0.3 is 16.6 Å². The first-order valence-corrected chi connectivity index (χ1v) is 13.1. The van der Waals surface area contributed by atoms with Crippen molar-refractivity contribution >= 4 is 56.0 Å². The summed E-state index contributed by atoms with van der Waals surface area (Å²) < 4.78 is 0. The van der Waals surface area contributed by atoms with E-state index in [9.17, 15) is 9.90 Å². The van der Waals surface area contributed by atoms with E-state index in [1.54, 1.807) is 30.4 Å². The maximum atomic E-state index is 11.7. The van der Waals surface area contributed by atoms with Crippen molar-refractivity contribution in [3.8, 4) is 0 Å². The predicted molar refractivity (Wildman–Crippen MR) is 163 cm³/mol. The molecule has 0 spiro atoms. The van der Waals surface area contributed by atoms with Crippen LogP contribution in [0.3, 0.4) is 0 Å². The van der Waals surface area contributed by atoms with Crippen molar-refractivity contribution in [2.75, 3.05) is 11.5 Å². The van der Waals surface area contributed by atoms with Gasteiger partial charge in [0, 0.05) is 38.5 Å². The SMILES string of the molecule is Nc1ccc(/N=N/c2ccccc2C2(/N=N/c3ccc(N)c4ccccc34)C=CC(C(=O)O)C=C2)c2ccccc12. The summed E-state index contributed by atoms with van der Waals surface area (Å²) in [5.74, 6) is -1.72. The molecular formula is C33H26N6O2. The van der Waals surface area contributed by atoms with Crippen LogP contribution >= 0.6 is 0 Å². The highest BCUT2D eigenvalue weighted by Gasteiger charge is 2.33. The van der Waals surface area contributed by atoms with E-state index in [2.05, 4.69) is 15.3 Å². The molecule has 0 aliphatic heterocycles. The molecule has 200 valence electrons. The van der Waals surface area contributed by atoms with Crippen molar-refractivity contribution in [1.29, 1.82) is 0 Å². The third-order valence-electron chi connectivity index (χ3n) is 7.19. The molecule has 0 aromatic heterocycles. The van der Waals surface area contributed by atoms with E-state index in [1.165, 1.54) is 0 Å². The number of rotatable bonds is 6. The highest BCUT2D eigenvalue weighted by molar-refractivity contribution is 6.00. The Hall–Kier alpha value is -5.63. The number of hydrogen-bond donors (Lipinski definition) is 3. The second-order valence-corrected chi connectivity index (χ2v) is 9.76. The van der Waals surface area contributed by atoms with Gasteiger partial charge in [0.2, 0.25) is 0 Å². The van der Waals surface area contributed by atoms with Gasteiger partial charge in [0.05, 0.1) is 23.0 Å². The Balaban J connectivity index is 1.47. The Morgan fingerprint density at radius 2 is 1.10 bits per heavy atom. The zero-order valence-corrected chi connectivity index (χ0v) is 21.9. The number of fused-ring (bicyclic) bond motifs is 2. The summed E-state index contributed by atoms with van der Waals surface area (Å²) in [6.07, 6.45) is 6.73. The molecule has 5 N–H and O–H groups in total. The van der Waals surface area contributed by atoms with Gasteiger partial charge in [-0.05, 0) is 42.5 Å². The Bertz CT molecular complexity index is 1910. The minimum absolute atomic E-state index is 0.567. The van der Waals surface area contributed by atoms with Crippen LogP contribution in [0.1, 0.15) is 5.56 Å². The summed E-state index contributed by atoms with van der Waals surface area (Å²) in [6, 6.07) is 30.3. The third-order valence-corrected chi connectivity index (χ3v) is 7.19. The van der Waals surface area contributed by atoms with Crippen LogP contribution < -0.4 is 11.5 Å². The van der Waals surface area contributed by atoms with E-state index in [0.29, 0.717) is 34.0 Å². The molecule has 5 aromatic rings. The normalized spacial score (nSPS) is 18.6. The van der Waals surface area contributed by atoms with E-state index in [0.717, 1.165) is 21.5 Å². The van der Waals surface area contributed by atoms with Crippen molar-refractivity contribution in [2.24, 2.45) is 26.4 Å². The van der Waals surface area contributed by atoms with Crippen LogP contribution in [0, 0.1) is 5.92 Å². The van der Waals surface area contributed by atoms with Crippen LogP contribution in [0.2, 0.25) is 0 Å². The van der Waals surface area contributed by atoms with Crippen molar-refractivity contribution in [3.63, 3.8) is 0 Å². The first-order valence-electron chi connectivity index (χ1n) is 13.1. The van der Waals surface area contributed by atoms with Gasteiger partial charge in [0.1, 0.15) is 5.54 Å². The van der Waals surface area contributed by atoms with Crippen LogP contribution in [0.15, 0.2) is 142 Å². The van der Waals surface area contributed by atoms with Gasteiger partial charge in [0.15, 0.2) is 0 Å². The fraction of sp³-hybridized carbons (Fsp3) is 0.0606. The Kier molecular flexibility index (Phi) is 6.57. The fourth-order valence-electron chi connectivity index (χ4n) is 5.02. The summed E-state index contributed by atoms with van der Waals surface area (Å²) in [5.41, 5.74) is 15.1. The van der Waals surface area contributed by atoms with Gasteiger partial charge in [-0.25, -0.2) is 0 Å². The quantitative estimate of drug-likeness (QED) is 0.113. The average Bonchev–Trinajstić information content (AvgIpc) is 3.01. The molecule has 0 fully saturated rings. The van der Waals surface area contributed by atoms with E-state index in [4.69, 9.17) is 16.6 Å². The summed E-state index contributed by atoms with van der Waals surface area (Å²) in [4.78, 5) is 11.7. The van der Waals surface area contributed by atoms with Crippen LogP contribution in [0.4, 0.5) is 28.4 Å². The minimum atomic E-state index is -1.12. The lowest BCUT2D eigenvalue weighted by molar-refractivity contribution is -0.138. The number of anilines is 2. The lowest BCUT2D eigenvalue weighted by Crippen LogP contribution is -2.23. The highest BCUT2D eigenvalue weighted by Crippen LogP contribution is 2.42. The molecule has 5 aromatic carbocycles. The number of azo groups is 2. The molecule has 1 aliphatic carbocycles. The molecule has 0 unspecified atom stereocenters. The molecule has 0 bridgehead atoms. The largest absolute Gasteiger partial charge is 0.481 e. The number of nitrogen functional groups attached to an aromatic ring is 2. The van der Waals surface area contributed by atoms with Crippen LogP contribution in [-0.2, 0) is 10.3 Å². The molecule has 0 atom stereocenters. The summed E-state index contributed by atoms with van der Waals surface area (Å²) in [5, 5.41) is 31.8. The number of aliphatic carboxylic acids is 1. The monoisotopic (exact) mass is 538 g/mol. The standard InChI is InChI=1S/C33H26N6O2/c34-27-13-15-29(24-9-3-1-7-22(24)27)36-37-31-12-6-5-11-26(31)33(19-17-21(18-20-33)32(40)41)39-38-30-16-14-28(35)23-8-2-4-10-25(23)30/h1-21H,34-35H2,(H,40,41)/b37-36+,39-38+. The number of benzene rings is 5. The number of carboxylic acid groups (broad SMARTS) is 1. The number of hydrogen-bond acceptors (Lipinski definition) is 7. The lowest BCUT2D eigenvalue weighted by atomic mass is 9.83.